The van der Waals surface area contributed by atoms with E-state index in [2.05, 4.69) is 5.32 Å². The van der Waals surface area contributed by atoms with Gasteiger partial charge in [-0.25, -0.2) is 0 Å². The van der Waals surface area contributed by atoms with Crippen molar-refractivity contribution < 1.29 is 14.0 Å². The molecular formula is C23H26ClN3O3. The third-order valence-corrected chi connectivity index (χ3v) is 6.09. The van der Waals surface area contributed by atoms with Crippen molar-refractivity contribution in [1.29, 1.82) is 0 Å². The number of furan rings is 1. The molecule has 30 heavy (non-hydrogen) atoms. The van der Waals surface area contributed by atoms with Crippen molar-refractivity contribution in [3.8, 4) is 0 Å². The number of fused-ring (bicyclic) bond motifs is 1. The molecule has 1 aliphatic heterocycles. The lowest BCUT2D eigenvalue weighted by Gasteiger charge is -2.31. The Morgan fingerprint density at radius 2 is 1.90 bits per heavy atom. The van der Waals surface area contributed by atoms with Crippen molar-refractivity contribution in [2.75, 3.05) is 19.6 Å². The van der Waals surface area contributed by atoms with Crippen LogP contribution >= 0.6 is 11.6 Å². The summed E-state index contributed by atoms with van der Waals surface area (Å²) in [5, 5.41) is 3.74. The second kappa shape index (κ2) is 8.96. The number of piperidine rings is 1. The quantitative estimate of drug-likeness (QED) is 0.643. The normalized spacial score (nSPS) is 14.9. The Morgan fingerprint density at radius 1 is 1.17 bits per heavy atom. The molecular weight excluding hydrogens is 402 g/mol. The van der Waals surface area contributed by atoms with Crippen LogP contribution in [0, 0.1) is 5.92 Å². The van der Waals surface area contributed by atoms with Gasteiger partial charge in [0.1, 0.15) is 5.69 Å². The van der Waals surface area contributed by atoms with Crippen LogP contribution < -0.4 is 5.32 Å². The number of halogens is 1. The van der Waals surface area contributed by atoms with E-state index in [4.69, 9.17) is 16.0 Å². The fourth-order valence-electron chi connectivity index (χ4n) is 4.13. The van der Waals surface area contributed by atoms with Gasteiger partial charge in [-0.3, -0.25) is 9.59 Å². The minimum absolute atomic E-state index is 0.00449. The first-order valence-corrected chi connectivity index (χ1v) is 10.8. The Balaban J connectivity index is 1.28. The Kier molecular flexibility index (Phi) is 6.13. The van der Waals surface area contributed by atoms with Gasteiger partial charge in [-0.15, -0.1) is 0 Å². The maximum atomic E-state index is 13.0. The molecule has 3 aromatic rings. The molecule has 7 heteroatoms. The molecule has 158 valence electrons. The van der Waals surface area contributed by atoms with E-state index in [0.29, 0.717) is 49.7 Å². The van der Waals surface area contributed by atoms with Crippen LogP contribution in [0.5, 0.6) is 0 Å². The summed E-state index contributed by atoms with van der Waals surface area (Å²) in [7, 11) is 0. The number of nitrogens with one attached hydrogen (secondary N) is 1. The van der Waals surface area contributed by atoms with Gasteiger partial charge in [0, 0.05) is 49.3 Å². The van der Waals surface area contributed by atoms with E-state index in [1.54, 1.807) is 6.26 Å². The molecule has 0 spiro atoms. The van der Waals surface area contributed by atoms with E-state index in [-0.39, 0.29) is 17.7 Å². The third-order valence-electron chi connectivity index (χ3n) is 5.84. The van der Waals surface area contributed by atoms with Crippen LogP contribution in [0.1, 0.15) is 35.8 Å². The van der Waals surface area contributed by atoms with Crippen molar-refractivity contribution in [1.82, 2.24) is 14.8 Å². The number of likely N-dealkylation sites (tertiary alicyclic amines) is 1. The lowest BCUT2D eigenvalue weighted by Crippen LogP contribution is -2.43. The molecule has 0 radical (unpaired) electrons. The first-order chi connectivity index (χ1) is 14.6. The topological polar surface area (TPSA) is 67.5 Å². The molecule has 1 N–H and O–H groups in total. The molecule has 1 aromatic carbocycles. The first-order valence-electron chi connectivity index (χ1n) is 10.4. The highest BCUT2D eigenvalue weighted by atomic mass is 35.5. The number of benzene rings is 1. The van der Waals surface area contributed by atoms with Crippen LogP contribution in [0.25, 0.3) is 11.1 Å². The van der Waals surface area contributed by atoms with Crippen LogP contribution in [-0.4, -0.2) is 40.9 Å². The Morgan fingerprint density at radius 3 is 2.60 bits per heavy atom. The zero-order valence-corrected chi connectivity index (χ0v) is 17.8. The molecule has 2 aromatic heterocycles. The molecule has 0 bridgehead atoms. The van der Waals surface area contributed by atoms with E-state index in [1.807, 2.05) is 52.8 Å². The van der Waals surface area contributed by atoms with Gasteiger partial charge in [-0.1, -0.05) is 23.7 Å². The molecule has 2 amide bonds. The molecule has 1 aliphatic rings. The summed E-state index contributed by atoms with van der Waals surface area (Å²) in [5.74, 6) is 0.0313. The van der Waals surface area contributed by atoms with Gasteiger partial charge in [0.15, 0.2) is 5.58 Å². The number of rotatable bonds is 6. The number of nitrogens with zero attached hydrogens (tertiary/aromatic N) is 2. The zero-order chi connectivity index (χ0) is 21.1. The summed E-state index contributed by atoms with van der Waals surface area (Å²) >= 11 is 5.90. The van der Waals surface area contributed by atoms with Crippen molar-refractivity contribution >= 4 is 34.5 Å². The molecule has 0 aliphatic carbocycles. The van der Waals surface area contributed by atoms with Gasteiger partial charge < -0.3 is 19.2 Å². The largest absolute Gasteiger partial charge is 0.463 e. The maximum Gasteiger partial charge on any atom is 0.270 e. The highest BCUT2D eigenvalue weighted by molar-refractivity contribution is 6.30. The van der Waals surface area contributed by atoms with E-state index >= 15 is 0 Å². The highest BCUT2D eigenvalue weighted by Gasteiger charge is 2.29. The lowest BCUT2D eigenvalue weighted by molar-refractivity contribution is -0.126. The number of aromatic nitrogens is 1. The SMILES string of the molecule is CCn1c(C(=O)N2CCC(C(=O)NCCc3ccc(Cl)cc3)CC2)cc2occc21. The molecule has 0 atom stereocenters. The molecule has 1 fully saturated rings. The second-order valence-corrected chi connectivity index (χ2v) is 8.11. The molecule has 1 saturated heterocycles. The van der Waals surface area contributed by atoms with Gasteiger partial charge >= 0.3 is 0 Å². The van der Waals surface area contributed by atoms with E-state index in [1.165, 1.54) is 0 Å². The predicted molar refractivity (Wildman–Crippen MR) is 117 cm³/mol. The number of carbonyl (C=O) groups is 2. The fourth-order valence-corrected chi connectivity index (χ4v) is 4.25. The van der Waals surface area contributed by atoms with Gasteiger partial charge in [-0.2, -0.15) is 0 Å². The highest BCUT2D eigenvalue weighted by Crippen LogP contribution is 2.24. The summed E-state index contributed by atoms with van der Waals surface area (Å²) in [6.45, 7) is 4.50. The summed E-state index contributed by atoms with van der Waals surface area (Å²) in [4.78, 5) is 27.4. The Bertz CT molecular complexity index is 1030. The van der Waals surface area contributed by atoms with Crippen LogP contribution in [0.2, 0.25) is 5.02 Å². The van der Waals surface area contributed by atoms with Crippen molar-refractivity contribution in [3.63, 3.8) is 0 Å². The Labute approximate surface area is 180 Å². The van der Waals surface area contributed by atoms with Crippen molar-refractivity contribution in [3.05, 3.63) is 58.9 Å². The monoisotopic (exact) mass is 427 g/mol. The number of amides is 2. The summed E-state index contributed by atoms with van der Waals surface area (Å²) in [5.41, 5.74) is 3.47. The van der Waals surface area contributed by atoms with E-state index < -0.39 is 0 Å². The summed E-state index contributed by atoms with van der Waals surface area (Å²) in [6.07, 6.45) is 3.78. The summed E-state index contributed by atoms with van der Waals surface area (Å²) < 4.78 is 7.43. The zero-order valence-electron chi connectivity index (χ0n) is 17.1. The number of carbonyl (C=O) groups excluding carboxylic acids is 2. The van der Waals surface area contributed by atoms with E-state index in [0.717, 1.165) is 23.1 Å². The summed E-state index contributed by atoms with van der Waals surface area (Å²) in [6, 6.07) is 11.4. The van der Waals surface area contributed by atoms with Gasteiger partial charge in [0.2, 0.25) is 5.91 Å². The molecule has 6 nitrogen and oxygen atoms in total. The average molecular weight is 428 g/mol. The number of hydrogen-bond donors (Lipinski definition) is 1. The smallest absolute Gasteiger partial charge is 0.270 e. The lowest BCUT2D eigenvalue weighted by atomic mass is 9.95. The van der Waals surface area contributed by atoms with Crippen LogP contribution in [0.15, 0.2) is 47.1 Å². The number of aryl methyl sites for hydroxylation is 1. The molecule has 0 saturated carbocycles. The van der Waals surface area contributed by atoms with Crippen LogP contribution in [0.4, 0.5) is 0 Å². The van der Waals surface area contributed by atoms with Crippen LogP contribution in [0.3, 0.4) is 0 Å². The van der Waals surface area contributed by atoms with Gasteiger partial charge in [-0.05, 0) is 43.9 Å². The minimum atomic E-state index is -0.0477. The van der Waals surface area contributed by atoms with Crippen LogP contribution in [-0.2, 0) is 17.8 Å². The average Bonchev–Trinajstić information content (AvgIpc) is 3.36. The maximum absolute atomic E-state index is 13.0. The van der Waals surface area contributed by atoms with Crippen molar-refractivity contribution in [2.45, 2.75) is 32.7 Å². The Hall–Kier alpha value is -2.73. The molecule has 3 heterocycles. The van der Waals surface area contributed by atoms with Gasteiger partial charge in [0.25, 0.3) is 5.91 Å². The third kappa shape index (κ3) is 4.24. The standard InChI is InChI=1S/C23H26ClN3O3/c1-2-27-19-10-14-30-21(19)15-20(27)23(29)26-12-8-17(9-13-26)22(28)25-11-7-16-3-5-18(24)6-4-16/h3-6,10,14-15,17H,2,7-9,11-13H2,1H3,(H,25,28). The van der Waals surface area contributed by atoms with Gasteiger partial charge in [0.05, 0.1) is 11.8 Å². The molecule has 4 rings (SSSR count). The molecule has 0 unspecified atom stereocenters. The predicted octanol–water partition coefficient (Wildman–Crippen LogP) is 4.12. The van der Waals surface area contributed by atoms with Crippen molar-refractivity contribution in [2.24, 2.45) is 5.92 Å². The number of hydrogen-bond acceptors (Lipinski definition) is 3. The fraction of sp³-hybridized carbons (Fsp3) is 0.391. The first kappa shape index (κ1) is 20.5. The van der Waals surface area contributed by atoms with E-state index in [9.17, 15) is 9.59 Å². The second-order valence-electron chi connectivity index (χ2n) is 7.68. The minimum Gasteiger partial charge on any atom is -0.463 e.